The fourth-order valence-corrected chi connectivity index (χ4v) is 1.11. The summed E-state index contributed by atoms with van der Waals surface area (Å²) >= 11 is 0. The van der Waals surface area contributed by atoms with Gasteiger partial charge in [0.15, 0.2) is 0 Å². The van der Waals surface area contributed by atoms with E-state index in [-0.39, 0.29) is 18.1 Å². The summed E-state index contributed by atoms with van der Waals surface area (Å²) in [7, 11) is 3.37. The Hall–Kier alpha value is 0.137. The van der Waals surface area contributed by atoms with E-state index in [1.165, 1.54) is 0 Å². The van der Waals surface area contributed by atoms with E-state index in [0.717, 1.165) is 12.8 Å². The minimum Gasteiger partial charge on any atom is -0.354 e. The zero-order valence-corrected chi connectivity index (χ0v) is 9.46. The Labute approximate surface area is 79.1 Å². The van der Waals surface area contributed by atoms with E-state index >= 15 is 0 Å². The van der Waals surface area contributed by atoms with Gasteiger partial charge in [0.25, 0.3) is 0 Å². The normalized spacial score (nSPS) is 18.8. The molecule has 2 nitrogen and oxygen atoms in total. The lowest BCUT2D eigenvalue weighted by Gasteiger charge is -2.21. The largest absolute Gasteiger partial charge is 0.354 e. The van der Waals surface area contributed by atoms with Gasteiger partial charge in [-0.15, -0.1) is 0 Å². The highest BCUT2D eigenvalue weighted by Crippen LogP contribution is 2.05. The van der Waals surface area contributed by atoms with Crippen LogP contribution in [0, 0.1) is 0 Å². The second-order valence-electron chi connectivity index (χ2n) is 3.04. The zero-order valence-electron chi connectivity index (χ0n) is 8.46. The lowest BCUT2D eigenvalue weighted by molar-refractivity contribution is -0.141. The van der Waals surface area contributed by atoms with Gasteiger partial charge < -0.3 is 9.47 Å². The van der Waals surface area contributed by atoms with Gasteiger partial charge in [-0.2, -0.15) is 0 Å². The molecule has 0 aliphatic carbocycles. The van der Waals surface area contributed by atoms with Crippen LogP contribution in [-0.4, -0.2) is 28.4 Å². The van der Waals surface area contributed by atoms with Crippen molar-refractivity contribution in [1.82, 2.24) is 0 Å². The second kappa shape index (κ2) is 6.63. The van der Waals surface area contributed by atoms with Crippen molar-refractivity contribution in [2.75, 3.05) is 0 Å². The molecule has 0 aromatic rings. The van der Waals surface area contributed by atoms with Crippen molar-refractivity contribution >= 4 is 10.2 Å². The summed E-state index contributed by atoms with van der Waals surface area (Å²) in [6, 6.07) is 0. The fraction of sp³-hybridized carbons (Fsp3) is 1.00. The first kappa shape index (κ1) is 12.1. The Morgan fingerprint density at radius 2 is 1.33 bits per heavy atom. The molecule has 0 spiro atoms. The summed E-state index contributed by atoms with van der Waals surface area (Å²) in [6.07, 6.45) is 2.50. The second-order valence-corrected chi connectivity index (χ2v) is 3.51. The van der Waals surface area contributed by atoms with Crippen molar-refractivity contribution in [2.24, 2.45) is 0 Å². The molecule has 0 aromatic carbocycles. The molecule has 2 atom stereocenters. The molecule has 0 fully saturated rings. The van der Waals surface area contributed by atoms with E-state index in [2.05, 4.69) is 24.1 Å². The summed E-state index contributed by atoms with van der Waals surface area (Å²) in [4.78, 5) is 0. The van der Waals surface area contributed by atoms with Gasteiger partial charge in [0.2, 0.25) is 0 Å². The maximum Gasteiger partial charge on any atom is 0.134 e. The van der Waals surface area contributed by atoms with Crippen molar-refractivity contribution in [3.8, 4) is 0 Å². The van der Waals surface area contributed by atoms with Crippen LogP contribution in [0.1, 0.15) is 40.5 Å². The predicted octanol–water partition coefficient (Wildman–Crippen LogP) is 2.07. The van der Waals surface area contributed by atoms with Gasteiger partial charge in [0.1, 0.15) is 16.2 Å². The smallest absolute Gasteiger partial charge is 0.134 e. The summed E-state index contributed by atoms with van der Waals surface area (Å²) in [5, 5.41) is 0. The molecule has 12 heavy (non-hydrogen) atoms. The predicted molar refractivity (Wildman–Crippen MR) is 51.2 cm³/mol. The van der Waals surface area contributed by atoms with Gasteiger partial charge in [-0.05, 0) is 26.7 Å². The number of hydrogen-bond acceptors (Lipinski definition) is 2. The van der Waals surface area contributed by atoms with Gasteiger partial charge in [-0.25, -0.2) is 0 Å². The van der Waals surface area contributed by atoms with Crippen molar-refractivity contribution < 1.29 is 9.47 Å². The summed E-state index contributed by atoms with van der Waals surface area (Å²) < 4.78 is 10.9. The lowest BCUT2D eigenvalue weighted by atomic mass is 10.3. The Bertz CT molecular complexity index is 96.7. The molecule has 0 aromatic heterocycles. The quantitative estimate of drug-likeness (QED) is 0.468. The Kier molecular flexibility index (Phi) is 6.71. The number of hydrogen-bond donors (Lipinski definition) is 0. The molecule has 71 valence electrons. The number of rotatable bonds is 6. The third kappa shape index (κ3) is 5.74. The molecule has 0 rings (SSSR count). The van der Waals surface area contributed by atoms with Crippen molar-refractivity contribution in [2.45, 2.75) is 58.7 Å². The highest BCUT2D eigenvalue weighted by atomic mass is 28.1. The Balaban J connectivity index is 3.51. The fourth-order valence-electron chi connectivity index (χ4n) is 0.647. The van der Waals surface area contributed by atoms with Gasteiger partial charge in [-0.1, -0.05) is 13.8 Å². The van der Waals surface area contributed by atoms with Crippen molar-refractivity contribution in [3.05, 3.63) is 0 Å². The summed E-state index contributed by atoms with van der Waals surface area (Å²) in [5.41, 5.74) is 0. The minimum absolute atomic E-state index is 0.247. The van der Waals surface area contributed by atoms with Gasteiger partial charge in [0, 0.05) is 0 Å². The molecule has 0 aliphatic rings. The van der Waals surface area contributed by atoms with Gasteiger partial charge in [0.05, 0.1) is 12.2 Å². The third-order valence-electron chi connectivity index (χ3n) is 1.86. The average molecular weight is 187 g/mol. The van der Waals surface area contributed by atoms with Crippen LogP contribution in [0.5, 0.6) is 0 Å². The van der Waals surface area contributed by atoms with E-state index in [1.54, 1.807) is 0 Å². The Morgan fingerprint density at radius 3 is 1.58 bits per heavy atom. The van der Waals surface area contributed by atoms with E-state index < -0.39 is 0 Å². The molecule has 0 saturated heterocycles. The van der Waals surface area contributed by atoms with Crippen LogP contribution in [0.15, 0.2) is 0 Å². The molecule has 3 heteroatoms. The van der Waals surface area contributed by atoms with Crippen molar-refractivity contribution in [1.29, 1.82) is 0 Å². The van der Waals surface area contributed by atoms with Crippen LogP contribution in [0.3, 0.4) is 0 Å². The van der Waals surface area contributed by atoms with Gasteiger partial charge >= 0.3 is 0 Å². The lowest BCUT2D eigenvalue weighted by Crippen LogP contribution is -2.26. The first-order chi connectivity index (χ1) is 5.60. The molecule has 0 aliphatic heterocycles. The van der Waals surface area contributed by atoms with E-state index in [0.29, 0.717) is 0 Å². The molecule has 0 bridgehead atoms. The minimum atomic E-state index is -0.269. The first-order valence-corrected chi connectivity index (χ1v) is 5.19. The van der Waals surface area contributed by atoms with Crippen LogP contribution >= 0.6 is 0 Å². The molecule has 2 unspecified atom stereocenters. The maximum atomic E-state index is 5.46. The zero-order chi connectivity index (χ0) is 9.56. The van der Waals surface area contributed by atoms with Crippen LogP contribution in [0.2, 0.25) is 0 Å². The highest BCUT2D eigenvalue weighted by Gasteiger charge is 2.09. The third-order valence-corrected chi connectivity index (χ3v) is 2.13. The highest BCUT2D eigenvalue weighted by molar-refractivity contribution is 6.10. The van der Waals surface area contributed by atoms with E-state index in [1.807, 2.05) is 13.8 Å². The molecule has 0 N–H and O–H groups in total. The summed E-state index contributed by atoms with van der Waals surface area (Å²) in [5.74, 6) is -0.269. The van der Waals surface area contributed by atoms with Crippen LogP contribution < -0.4 is 0 Å². The molecule has 3 radical (unpaired) electrons. The molecular formula is C9H19O2Si. The number of ether oxygens (including phenoxy) is 2. The van der Waals surface area contributed by atoms with E-state index in [9.17, 15) is 0 Å². The maximum absolute atomic E-state index is 5.46. The van der Waals surface area contributed by atoms with Crippen LogP contribution in [0.25, 0.3) is 0 Å². The van der Waals surface area contributed by atoms with Gasteiger partial charge in [-0.3, -0.25) is 0 Å². The summed E-state index contributed by atoms with van der Waals surface area (Å²) in [6.45, 7) is 8.25. The molecule has 0 heterocycles. The standard InChI is InChI=1S/C9H19O2Si/c1-5-7(3)10-9(12)11-8(4)6-2/h7-9H,5-6H2,1-4H3. The van der Waals surface area contributed by atoms with Crippen LogP contribution in [-0.2, 0) is 9.47 Å². The molecular weight excluding hydrogens is 168 g/mol. The SMILES string of the molecule is CCC(C)OC([Si])OC(C)CC. The molecule has 0 saturated carbocycles. The average Bonchev–Trinajstić information content (AvgIpc) is 2.03. The topological polar surface area (TPSA) is 18.5 Å². The molecule has 0 amide bonds. The Morgan fingerprint density at radius 1 is 1.00 bits per heavy atom. The van der Waals surface area contributed by atoms with Crippen molar-refractivity contribution in [3.63, 3.8) is 0 Å². The first-order valence-electron chi connectivity index (χ1n) is 4.62. The van der Waals surface area contributed by atoms with Crippen LogP contribution in [0.4, 0.5) is 0 Å². The van der Waals surface area contributed by atoms with E-state index in [4.69, 9.17) is 9.47 Å². The monoisotopic (exact) mass is 187 g/mol.